The predicted octanol–water partition coefficient (Wildman–Crippen LogP) is 6.17. The van der Waals surface area contributed by atoms with Crippen molar-refractivity contribution in [2.75, 3.05) is 19.3 Å². The van der Waals surface area contributed by atoms with Gasteiger partial charge in [-0.15, -0.1) is 0 Å². The number of nitrogens with zero attached hydrogens (tertiary/aromatic N) is 2. The number of sulfone groups is 1. The van der Waals surface area contributed by atoms with Crippen LogP contribution < -0.4 is 4.74 Å². The molecular weight excluding hydrogens is 420 g/mol. The van der Waals surface area contributed by atoms with Crippen LogP contribution in [0.2, 0.25) is 0 Å². The molecule has 0 saturated carbocycles. The molecule has 0 spiro atoms. The van der Waals surface area contributed by atoms with Crippen LogP contribution in [0.1, 0.15) is 25.0 Å². The molecular formula is C26H30N2O3S. The monoisotopic (exact) mass is 450 g/mol. The van der Waals surface area contributed by atoms with Gasteiger partial charge in [0.05, 0.1) is 22.7 Å². The van der Waals surface area contributed by atoms with E-state index < -0.39 is 9.84 Å². The van der Waals surface area contributed by atoms with Gasteiger partial charge >= 0.3 is 0 Å². The van der Waals surface area contributed by atoms with E-state index in [0.29, 0.717) is 4.90 Å². The van der Waals surface area contributed by atoms with Crippen LogP contribution in [0.25, 0.3) is 11.1 Å². The van der Waals surface area contributed by atoms with Crippen LogP contribution in [0.15, 0.2) is 70.6 Å². The molecule has 0 radical (unpaired) electrons. The number of hydrogen-bond donors (Lipinski definition) is 0. The average molecular weight is 451 g/mol. The molecule has 0 bridgehead atoms. The average Bonchev–Trinajstić information content (AvgIpc) is 2.80. The summed E-state index contributed by atoms with van der Waals surface area (Å²) >= 11 is 0. The number of aryl methyl sites for hydroxylation is 2. The molecule has 168 valence electrons. The number of ether oxygens (including phenoxy) is 1. The van der Waals surface area contributed by atoms with Crippen LogP contribution >= 0.6 is 0 Å². The summed E-state index contributed by atoms with van der Waals surface area (Å²) in [4.78, 5) is 6.94. The fraction of sp³-hybridized carbons (Fsp3) is 0.269. The third kappa shape index (κ3) is 5.56. The van der Waals surface area contributed by atoms with Crippen molar-refractivity contribution < 1.29 is 13.2 Å². The molecule has 5 nitrogen and oxygen atoms in total. The second-order valence-corrected chi connectivity index (χ2v) is 10.1. The second kappa shape index (κ2) is 10.0. The summed E-state index contributed by atoms with van der Waals surface area (Å²) < 4.78 is 30.1. The Hall–Kier alpha value is -3.12. The van der Waals surface area contributed by atoms with Gasteiger partial charge in [-0.3, -0.25) is 0 Å². The predicted molar refractivity (Wildman–Crippen MR) is 132 cm³/mol. The van der Waals surface area contributed by atoms with Crippen molar-refractivity contribution in [3.05, 3.63) is 71.8 Å². The van der Waals surface area contributed by atoms with E-state index in [9.17, 15) is 8.42 Å². The highest BCUT2D eigenvalue weighted by molar-refractivity contribution is 7.91. The maximum absolute atomic E-state index is 12.0. The zero-order valence-corrected chi connectivity index (χ0v) is 20.1. The maximum atomic E-state index is 12.0. The molecule has 0 saturated heterocycles. The molecule has 0 heterocycles. The van der Waals surface area contributed by atoms with Crippen molar-refractivity contribution >= 4 is 21.9 Å². The first-order chi connectivity index (χ1) is 15.2. The minimum Gasteiger partial charge on any atom is -0.457 e. The fourth-order valence-corrected chi connectivity index (χ4v) is 4.01. The second-order valence-electron chi connectivity index (χ2n) is 7.78. The molecule has 0 fully saturated rings. The molecule has 0 atom stereocenters. The van der Waals surface area contributed by atoms with Crippen LogP contribution in [0.4, 0.5) is 5.69 Å². The van der Waals surface area contributed by atoms with Gasteiger partial charge in [-0.2, -0.15) is 0 Å². The van der Waals surface area contributed by atoms with Crippen LogP contribution in [0.3, 0.4) is 0 Å². The summed E-state index contributed by atoms with van der Waals surface area (Å²) in [6, 6.07) is 18.8. The number of rotatable bonds is 8. The van der Waals surface area contributed by atoms with E-state index in [4.69, 9.17) is 4.74 Å². The van der Waals surface area contributed by atoms with Crippen molar-refractivity contribution in [1.29, 1.82) is 0 Å². The Labute approximate surface area is 191 Å². The summed E-state index contributed by atoms with van der Waals surface area (Å²) in [7, 11) is -1.20. The fourth-order valence-electron chi connectivity index (χ4n) is 3.13. The lowest BCUT2D eigenvalue weighted by Crippen LogP contribution is -2.14. The minimum atomic E-state index is -3.19. The standard InChI is InChI=1S/C26H30N2O3S/c1-6-28(5)18-27-25-16-20(4)26(17-19(25)3)31-23-12-8-21(9-13-23)22-10-14-24(15-11-22)32(29,30)7-2/h8-18H,6-7H2,1-5H3/b27-18+. The van der Waals surface area contributed by atoms with Crippen molar-refractivity contribution in [3.8, 4) is 22.6 Å². The summed E-state index contributed by atoms with van der Waals surface area (Å²) in [5, 5.41) is 0. The van der Waals surface area contributed by atoms with E-state index in [1.807, 2.05) is 80.7 Å². The van der Waals surface area contributed by atoms with Crippen molar-refractivity contribution in [2.45, 2.75) is 32.6 Å². The van der Waals surface area contributed by atoms with Gasteiger partial charge in [0.15, 0.2) is 9.84 Å². The molecule has 0 aliphatic rings. The van der Waals surface area contributed by atoms with Crippen molar-refractivity contribution in [1.82, 2.24) is 4.90 Å². The van der Waals surface area contributed by atoms with Gasteiger partial charge in [0.1, 0.15) is 11.5 Å². The molecule has 32 heavy (non-hydrogen) atoms. The molecule has 0 N–H and O–H groups in total. The molecule has 0 aromatic heterocycles. The first kappa shape index (κ1) is 23.5. The highest BCUT2D eigenvalue weighted by Gasteiger charge is 2.11. The third-order valence-electron chi connectivity index (χ3n) is 5.40. The lowest BCUT2D eigenvalue weighted by Gasteiger charge is -2.13. The SMILES string of the molecule is CCN(C)/C=N/c1cc(C)c(Oc2ccc(-c3ccc(S(=O)(=O)CC)cc3)cc2)cc1C. The van der Waals surface area contributed by atoms with Crippen LogP contribution in [-0.4, -0.2) is 39.0 Å². The number of benzene rings is 3. The van der Waals surface area contributed by atoms with Gasteiger partial charge < -0.3 is 9.64 Å². The van der Waals surface area contributed by atoms with E-state index in [1.165, 1.54) is 0 Å². The highest BCUT2D eigenvalue weighted by Crippen LogP contribution is 2.32. The minimum absolute atomic E-state index is 0.0976. The molecule has 3 aromatic rings. The molecule has 0 unspecified atom stereocenters. The molecule has 0 aliphatic carbocycles. The molecule has 3 rings (SSSR count). The highest BCUT2D eigenvalue weighted by atomic mass is 32.2. The summed E-state index contributed by atoms with van der Waals surface area (Å²) in [6.07, 6.45) is 1.84. The lowest BCUT2D eigenvalue weighted by molar-refractivity contribution is 0.478. The smallest absolute Gasteiger partial charge is 0.178 e. The van der Waals surface area contributed by atoms with Gasteiger partial charge in [0.2, 0.25) is 0 Å². The summed E-state index contributed by atoms with van der Waals surface area (Å²) in [5.74, 6) is 1.64. The Morgan fingerprint density at radius 3 is 2.06 bits per heavy atom. The Kier molecular flexibility index (Phi) is 7.36. The molecule has 3 aromatic carbocycles. The van der Waals surface area contributed by atoms with Crippen molar-refractivity contribution in [2.24, 2.45) is 4.99 Å². The van der Waals surface area contributed by atoms with Gasteiger partial charge in [0, 0.05) is 13.6 Å². The number of hydrogen-bond acceptors (Lipinski definition) is 4. The van der Waals surface area contributed by atoms with Gasteiger partial charge in [-0.05, 0) is 79.4 Å². The Morgan fingerprint density at radius 1 is 0.906 bits per heavy atom. The third-order valence-corrected chi connectivity index (χ3v) is 7.15. The van der Waals surface area contributed by atoms with Gasteiger partial charge in [-0.25, -0.2) is 13.4 Å². The molecule has 0 aliphatic heterocycles. The van der Waals surface area contributed by atoms with Crippen LogP contribution in [0.5, 0.6) is 11.5 Å². The largest absolute Gasteiger partial charge is 0.457 e. The quantitative estimate of drug-likeness (QED) is 0.304. The Morgan fingerprint density at radius 2 is 1.50 bits per heavy atom. The Bertz CT molecular complexity index is 1200. The van der Waals surface area contributed by atoms with E-state index in [2.05, 4.69) is 11.9 Å². The lowest BCUT2D eigenvalue weighted by atomic mass is 10.1. The van der Waals surface area contributed by atoms with Crippen LogP contribution in [-0.2, 0) is 9.84 Å². The molecule has 0 amide bonds. The Balaban J connectivity index is 1.76. The van der Waals surface area contributed by atoms with E-state index in [0.717, 1.165) is 46.0 Å². The van der Waals surface area contributed by atoms with E-state index in [-0.39, 0.29) is 5.75 Å². The van der Waals surface area contributed by atoms with Gasteiger partial charge in [-0.1, -0.05) is 31.2 Å². The zero-order chi connectivity index (χ0) is 23.3. The normalized spacial score (nSPS) is 11.7. The molecule has 6 heteroatoms. The number of aliphatic imine (C=N–C) groups is 1. The summed E-state index contributed by atoms with van der Waals surface area (Å²) in [6.45, 7) is 8.67. The van der Waals surface area contributed by atoms with Crippen LogP contribution in [0, 0.1) is 13.8 Å². The zero-order valence-electron chi connectivity index (χ0n) is 19.3. The van der Waals surface area contributed by atoms with E-state index in [1.54, 1.807) is 19.1 Å². The topological polar surface area (TPSA) is 59.0 Å². The maximum Gasteiger partial charge on any atom is 0.178 e. The first-order valence-corrected chi connectivity index (χ1v) is 12.4. The first-order valence-electron chi connectivity index (χ1n) is 10.7. The summed E-state index contributed by atoms with van der Waals surface area (Å²) in [5.41, 5.74) is 4.94. The van der Waals surface area contributed by atoms with Gasteiger partial charge in [0.25, 0.3) is 0 Å². The van der Waals surface area contributed by atoms with E-state index >= 15 is 0 Å². The van der Waals surface area contributed by atoms with Crippen molar-refractivity contribution in [3.63, 3.8) is 0 Å².